The molecule has 0 radical (unpaired) electrons. The van der Waals surface area contributed by atoms with Crippen molar-refractivity contribution in [3.63, 3.8) is 0 Å². The van der Waals surface area contributed by atoms with Crippen molar-refractivity contribution in [1.82, 2.24) is 10.1 Å². The number of ether oxygens (including phenoxy) is 1. The van der Waals surface area contributed by atoms with Crippen molar-refractivity contribution in [3.05, 3.63) is 40.5 Å². The normalized spacial score (nSPS) is 10.6. The van der Waals surface area contributed by atoms with Gasteiger partial charge in [-0.25, -0.2) is 0 Å². The maximum atomic E-state index is 6.03. The van der Waals surface area contributed by atoms with Gasteiger partial charge >= 0.3 is 0 Å². The maximum absolute atomic E-state index is 6.03. The Kier molecular flexibility index (Phi) is 4.20. The van der Waals surface area contributed by atoms with E-state index >= 15 is 0 Å². The fourth-order valence-corrected chi connectivity index (χ4v) is 1.71. The molecular formula is C13H15ClN2O2. The minimum absolute atomic E-state index is 0.236. The first kappa shape index (κ1) is 12.9. The molecule has 0 N–H and O–H groups in total. The van der Waals surface area contributed by atoms with Crippen LogP contribution in [0.15, 0.2) is 22.7 Å². The smallest absolute Gasteiger partial charge is 0.264 e. The Balaban J connectivity index is 1.99. The zero-order chi connectivity index (χ0) is 13.0. The molecule has 96 valence electrons. The lowest BCUT2D eigenvalue weighted by Crippen LogP contribution is -1.97. The Hall–Kier alpha value is -1.55. The van der Waals surface area contributed by atoms with Gasteiger partial charge in [0.25, 0.3) is 5.89 Å². The van der Waals surface area contributed by atoms with E-state index in [0.717, 1.165) is 18.4 Å². The molecule has 5 heteroatoms. The second-order valence-electron chi connectivity index (χ2n) is 4.08. The van der Waals surface area contributed by atoms with Crippen molar-refractivity contribution in [3.8, 4) is 5.75 Å². The predicted octanol–water partition coefficient (Wildman–Crippen LogP) is 3.56. The summed E-state index contributed by atoms with van der Waals surface area (Å²) in [5, 5.41) is 4.44. The molecule has 1 aromatic carbocycles. The number of hydrogen-bond donors (Lipinski definition) is 0. The molecule has 0 bridgehead atoms. The summed E-state index contributed by atoms with van der Waals surface area (Å²) in [6.07, 6.45) is 1.80. The fourth-order valence-electron chi connectivity index (χ4n) is 1.53. The van der Waals surface area contributed by atoms with Crippen LogP contribution in [0.4, 0.5) is 0 Å². The monoisotopic (exact) mass is 266 g/mol. The molecule has 0 fully saturated rings. The minimum atomic E-state index is 0.236. The zero-order valence-corrected chi connectivity index (χ0v) is 11.2. The van der Waals surface area contributed by atoms with Gasteiger partial charge in [0.2, 0.25) is 0 Å². The first-order chi connectivity index (χ1) is 8.69. The highest BCUT2D eigenvalue weighted by molar-refractivity contribution is 6.32. The molecule has 2 aromatic rings. The highest BCUT2D eigenvalue weighted by Crippen LogP contribution is 2.25. The number of hydrogen-bond acceptors (Lipinski definition) is 4. The van der Waals surface area contributed by atoms with Crippen molar-refractivity contribution in [2.45, 2.75) is 33.3 Å². The van der Waals surface area contributed by atoms with Crippen molar-refractivity contribution < 1.29 is 9.26 Å². The van der Waals surface area contributed by atoms with Gasteiger partial charge in [-0.05, 0) is 31.0 Å². The molecule has 0 amide bonds. The summed E-state index contributed by atoms with van der Waals surface area (Å²) >= 11 is 6.03. The topological polar surface area (TPSA) is 48.2 Å². The third-order valence-corrected chi connectivity index (χ3v) is 2.73. The van der Waals surface area contributed by atoms with Gasteiger partial charge in [-0.3, -0.25) is 0 Å². The number of aromatic nitrogens is 2. The van der Waals surface area contributed by atoms with Gasteiger partial charge in [-0.2, -0.15) is 4.98 Å². The lowest BCUT2D eigenvalue weighted by atomic mass is 10.2. The third kappa shape index (κ3) is 3.23. The summed E-state index contributed by atoms with van der Waals surface area (Å²) in [5.74, 6) is 1.81. The second-order valence-corrected chi connectivity index (χ2v) is 4.48. The summed E-state index contributed by atoms with van der Waals surface area (Å²) in [6.45, 7) is 4.29. The Morgan fingerprint density at radius 2 is 2.22 bits per heavy atom. The average Bonchev–Trinajstić information content (AvgIpc) is 2.79. The van der Waals surface area contributed by atoms with Crippen LogP contribution in [0.2, 0.25) is 5.02 Å². The molecule has 0 saturated heterocycles. The van der Waals surface area contributed by atoms with E-state index in [2.05, 4.69) is 17.1 Å². The molecule has 18 heavy (non-hydrogen) atoms. The first-order valence-corrected chi connectivity index (χ1v) is 6.27. The number of halogens is 1. The molecule has 4 nitrogen and oxygen atoms in total. The van der Waals surface area contributed by atoms with E-state index in [-0.39, 0.29) is 6.61 Å². The van der Waals surface area contributed by atoms with E-state index in [9.17, 15) is 0 Å². The molecule has 1 aromatic heterocycles. The number of rotatable bonds is 5. The first-order valence-electron chi connectivity index (χ1n) is 5.89. The van der Waals surface area contributed by atoms with Crippen molar-refractivity contribution in [2.75, 3.05) is 0 Å². The van der Waals surface area contributed by atoms with Crippen molar-refractivity contribution in [1.29, 1.82) is 0 Å². The van der Waals surface area contributed by atoms with Crippen LogP contribution in [0.25, 0.3) is 0 Å². The van der Waals surface area contributed by atoms with Crippen LogP contribution < -0.4 is 4.74 Å². The summed E-state index contributed by atoms with van der Waals surface area (Å²) in [5.41, 5.74) is 1.09. The molecule has 2 rings (SSSR count). The third-order valence-electron chi connectivity index (χ3n) is 2.42. The van der Waals surface area contributed by atoms with Crippen LogP contribution in [-0.2, 0) is 13.0 Å². The standard InChI is InChI=1S/C13H15ClN2O2/c1-3-4-12-15-13(18-16-12)8-17-11-7-9(2)5-6-10(11)14/h5-7H,3-4,8H2,1-2H3. The Bertz CT molecular complexity index is 525. The summed E-state index contributed by atoms with van der Waals surface area (Å²) in [7, 11) is 0. The summed E-state index contributed by atoms with van der Waals surface area (Å²) in [6, 6.07) is 5.62. The van der Waals surface area contributed by atoms with Crippen LogP contribution in [0.3, 0.4) is 0 Å². The van der Waals surface area contributed by atoms with E-state index < -0.39 is 0 Å². The molecule has 0 unspecified atom stereocenters. The largest absolute Gasteiger partial charge is 0.482 e. The molecule has 0 aliphatic carbocycles. The van der Waals surface area contributed by atoms with Gasteiger partial charge in [0, 0.05) is 6.42 Å². The van der Waals surface area contributed by atoms with Gasteiger partial charge in [0.05, 0.1) is 5.02 Å². The van der Waals surface area contributed by atoms with Gasteiger partial charge in [-0.15, -0.1) is 0 Å². The highest BCUT2D eigenvalue weighted by atomic mass is 35.5. The Morgan fingerprint density at radius 3 is 3.00 bits per heavy atom. The van der Waals surface area contributed by atoms with E-state index in [1.807, 2.05) is 25.1 Å². The molecule has 0 saturated carbocycles. The molecule has 0 aliphatic rings. The molecule has 1 heterocycles. The summed E-state index contributed by atoms with van der Waals surface area (Å²) in [4.78, 5) is 4.22. The molecule has 0 spiro atoms. The minimum Gasteiger partial charge on any atom is -0.482 e. The predicted molar refractivity (Wildman–Crippen MR) is 68.8 cm³/mol. The van der Waals surface area contributed by atoms with Crippen LogP contribution in [0.5, 0.6) is 5.75 Å². The molecular weight excluding hydrogens is 252 g/mol. The van der Waals surface area contributed by atoms with E-state index in [0.29, 0.717) is 22.5 Å². The second kappa shape index (κ2) is 5.87. The number of benzene rings is 1. The summed E-state index contributed by atoms with van der Waals surface area (Å²) < 4.78 is 10.6. The van der Waals surface area contributed by atoms with Gasteiger partial charge < -0.3 is 9.26 Å². The highest BCUT2D eigenvalue weighted by Gasteiger charge is 2.08. The SMILES string of the molecule is CCCc1noc(COc2cc(C)ccc2Cl)n1. The van der Waals surface area contributed by atoms with Crippen molar-refractivity contribution >= 4 is 11.6 Å². The fraction of sp³-hybridized carbons (Fsp3) is 0.385. The Morgan fingerprint density at radius 1 is 1.39 bits per heavy atom. The average molecular weight is 267 g/mol. The lowest BCUT2D eigenvalue weighted by Gasteiger charge is -2.06. The van der Waals surface area contributed by atoms with Gasteiger partial charge in [0.15, 0.2) is 12.4 Å². The van der Waals surface area contributed by atoms with E-state index in [1.165, 1.54) is 0 Å². The van der Waals surface area contributed by atoms with Crippen molar-refractivity contribution in [2.24, 2.45) is 0 Å². The van der Waals surface area contributed by atoms with E-state index in [4.69, 9.17) is 20.9 Å². The molecule has 0 atom stereocenters. The quantitative estimate of drug-likeness (QED) is 0.830. The Labute approximate surface area is 111 Å². The van der Waals surface area contributed by atoms with Crippen LogP contribution in [0.1, 0.15) is 30.6 Å². The van der Waals surface area contributed by atoms with Gasteiger partial charge in [0.1, 0.15) is 5.75 Å². The van der Waals surface area contributed by atoms with Gasteiger partial charge in [-0.1, -0.05) is 29.7 Å². The number of aryl methyl sites for hydroxylation is 2. The zero-order valence-electron chi connectivity index (χ0n) is 10.4. The maximum Gasteiger partial charge on any atom is 0.264 e. The lowest BCUT2D eigenvalue weighted by molar-refractivity contribution is 0.242. The van der Waals surface area contributed by atoms with E-state index in [1.54, 1.807) is 0 Å². The van der Waals surface area contributed by atoms with Crippen LogP contribution in [0, 0.1) is 6.92 Å². The van der Waals surface area contributed by atoms with Crippen LogP contribution in [-0.4, -0.2) is 10.1 Å². The van der Waals surface area contributed by atoms with Crippen LogP contribution >= 0.6 is 11.6 Å². The number of nitrogens with zero attached hydrogens (tertiary/aromatic N) is 2. The molecule has 0 aliphatic heterocycles.